The molecular formula is C27H25ClF6N4O4. The Kier molecular flexibility index (Phi) is 9.04. The van der Waals surface area contributed by atoms with E-state index < -0.39 is 73.8 Å². The molecule has 0 radical (unpaired) electrons. The third kappa shape index (κ3) is 7.33. The maximum Gasteiger partial charge on any atom is 0.389 e. The molecule has 0 aromatic heterocycles. The number of benzene rings is 2. The quantitative estimate of drug-likeness (QED) is 0.395. The molecule has 0 aliphatic carbocycles. The number of hydrogen-bond donors (Lipinski definition) is 2. The van der Waals surface area contributed by atoms with E-state index in [-0.39, 0.29) is 18.9 Å². The van der Waals surface area contributed by atoms with Gasteiger partial charge in [0.15, 0.2) is 0 Å². The van der Waals surface area contributed by atoms with E-state index in [2.05, 4.69) is 10.3 Å². The smallest absolute Gasteiger partial charge is 0.389 e. The summed E-state index contributed by atoms with van der Waals surface area (Å²) in [6.45, 7) is 0.130. The number of carbonyl (C=O) groups excluding carboxylic acids is 3. The predicted molar refractivity (Wildman–Crippen MR) is 140 cm³/mol. The minimum Gasteiger partial charge on any atom is -0.490 e. The molecule has 3 N–H and O–H groups in total. The number of nitrogens with zero attached hydrogens (tertiary/aromatic N) is 2. The van der Waals surface area contributed by atoms with Crippen molar-refractivity contribution in [3.8, 4) is 5.75 Å². The fourth-order valence-corrected chi connectivity index (χ4v) is 5.18. The van der Waals surface area contributed by atoms with Gasteiger partial charge in [-0.3, -0.25) is 14.4 Å². The van der Waals surface area contributed by atoms with Gasteiger partial charge in [-0.2, -0.15) is 26.3 Å². The van der Waals surface area contributed by atoms with Crippen LogP contribution in [0.1, 0.15) is 36.8 Å². The molecule has 3 amide bonds. The first-order valence-corrected chi connectivity index (χ1v) is 13.2. The standard InChI is InChI=1S/C27H25ClF6N4O4/c28-15-4-1-3-14(13-15)20-18-5-2-6-19-21(18)38(11-12-42-19)25(41)23(36-20)37-24(40)17(8-10-27(32,33)34)16(22(35)39)7-9-26(29,30)31/h1-6,13,16-17,23H,7-12H2,(H2,35,39)(H,37,40)/t16-,17+,23+/m0/s1. The van der Waals surface area contributed by atoms with Crippen LogP contribution >= 0.6 is 11.6 Å². The summed E-state index contributed by atoms with van der Waals surface area (Å²) in [5, 5.41) is 2.61. The monoisotopic (exact) mass is 618 g/mol. The Morgan fingerprint density at radius 1 is 1.05 bits per heavy atom. The third-order valence-electron chi connectivity index (χ3n) is 6.90. The van der Waals surface area contributed by atoms with Gasteiger partial charge in [-0.05, 0) is 31.0 Å². The van der Waals surface area contributed by atoms with Crippen LogP contribution in [0, 0.1) is 11.8 Å². The van der Waals surface area contributed by atoms with Crippen molar-refractivity contribution in [3.05, 3.63) is 58.6 Å². The molecule has 2 heterocycles. The summed E-state index contributed by atoms with van der Waals surface area (Å²) in [6.07, 6.45) is -16.4. The predicted octanol–water partition coefficient (Wildman–Crippen LogP) is 4.76. The Labute approximate surface area is 240 Å². The summed E-state index contributed by atoms with van der Waals surface area (Å²) in [5.41, 5.74) is 6.68. The molecule has 0 bridgehead atoms. The van der Waals surface area contributed by atoms with Gasteiger partial charge in [-0.25, -0.2) is 4.99 Å². The van der Waals surface area contributed by atoms with Crippen molar-refractivity contribution in [2.75, 3.05) is 18.1 Å². The fourth-order valence-electron chi connectivity index (χ4n) is 4.99. The average Bonchev–Trinajstić information content (AvgIpc) is 3.01. The van der Waals surface area contributed by atoms with Crippen LogP contribution in [0.2, 0.25) is 5.02 Å². The Morgan fingerprint density at radius 3 is 2.31 bits per heavy atom. The highest BCUT2D eigenvalue weighted by Gasteiger charge is 2.42. The van der Waals surface area contributed by atoms with Gasteiger partial charge in [0, 0.05) is 40.8 Å². The molecule has 0 saturated carbocycles. The molecule has 2 aliphatic rings. The van der Waals surface area contributed by atoms with Gasteiger partial charge in [-0.1, -0.05) is 35.9 Å². The molecule has 3 atom stereocenters. The zero-order valence-corrected chi connectivity index (χ0v) is 22.5. The molecule has 4 rings (SSSR count). The third-order valence-corrected chi connectivity index (χ3v) is 7.13. The highest BCUT2D eigenvalue weighted by Crippen LogP contribution is 2.39. The summed E-state index contributed by atoms with van der Waals surface area (Å²) < 4.78 is 83.9. The van der Waals surface area contributed by atoms with E-state index in [9.17, 15) is 40.7 Å². The average molecular weight is 619 g/mol. The van der Waals surface area contributed by atoms with E-state index in [4.69, 9.17) is 22.1 Å². The van der Waals surface area contributed by atoms with Crippen molar-refractivity contribution in [1.29, 1.82) is 0 Å². The van der Waals surface area contributed by atoms with Gasteiger partial charge in [0.25, 0.3) is 5.91 Å². The van der Waals surface area contributed by atoms with Crippen LogP contribution in [0.4, 0.5) is 32.0 Å². The minimum atomic E-state index is -4.79. The van der Waals surface area contributed by atoms with Crippen molar-refractivity contribution < 1.29 is 45.5 Å². The van der Waals surface area contributed by atoms with Crippen LogP contribution in [-0.4, -0.2) is 55.1 Å². The second-order valence-corrected chi connectivity index (χ2v) is 10.2. The van der Waals surface area contributed by atoms with Crippen molar-refractivity contribution in [1.82, 2.24) is 5.32 Å². The molecule has 226 valence electrons. The van der Waals surface area contributed by atoms with Crippen LogP contribution in [0.5, 0.6) is 5.75 Å². The van der Waals surface area contributed by atoms with Gasteiger partial charge in [-0.15, -0.1) is 0 Å². The van der Waals surface area contributed by atoms with E-state index in [1.54, 1.807) is 42.5 Å². The molecule has 2 aliphatic heterocycles. The fraction of sp³-hybridized carbons (Fsp3) is 0.407. The largest absolute Gasteiger partial charge is 0.490 e. The summed E-state index contributed by atoms with van der Waals surface area (Å²) in [5.74, 6) is -6.87. The molecule has 15 heteroatoms. The number of primary amides is 1. The maximum absolute atomic E-state index is 13.7. The number of rotatable bonds is 9. The first-order valence-electron chi connectivity index (χ1n) is 12.8. The zero-order chi connectivity index (χ0) is 30.8. The van der Waals surface area contributed by atoms with Gasteiger partial charge in [0.05, 0.1) is 17.9 Å². The number of halogens is 7. The molecule has 42 heavy (non-hydrogen) atoms. The Morgan fingerprint density at radius 2 is 1.69 bits per heavy atom. The highest BCUT2D eigenvalue weighted by molar-refractivity contribution is 6.31. The number of nitrogens with one attached hydrogen (secondary N) is 1. The lowest BCUT2D eigenvalue weighted by Gasteiger charge is -2.31. The van der Waals surface area contributed by atoms with E-state index in [0.717, 1.165) is 0 Å². The zero-order valence-electron chi connectivity index (χ0n) is 21.8. The molecule has 2 aromatic rings. The summed E-state index contributed by atoms with van der Waals surface area (Å²) in [7, 11) is 0. The number of anilines is 1. The number of aliphatic imine (C=N–C) groups is 1. The van der Waals surface area contributed by atoms with Gasteiger partial charge in [0.2, 0.25) is 18.0 Å². The van der Waals surface area contributed by atoms with Crippen LogP contribution in [0.15, 0.2) is 47.5 Å². The number of nitrogens with two attached hydrogens (primary N) is 1. The summed E-state index contributed by atoms with van der Waals surface area (Å²) in [6, 6.07) is 11.3. The Balaban J connectivity index is 1.75. The van der Waals surface area contributed by atoms with Gasteiger partial charge in [0.1, 0.15) is 12.4 Å². The molecule has 0 spiro atoms. The number of ether oxygens (including phenoxy) is 1. The normalized spacial score (nSPS) is 18.3. The second-order valence-electron chi connectivity index (χ2n) is 9.81. The highest BCUT2D eigenvalue weighted by atomic mass is 35.5. The van der Waals surface area contributed by atoms with Crippen LogP contribution in [0.25, 0.3) is 0 Å². The number of amides is 3. The SMILES string of the molecule is NC(=O)[C@@H](CCC(F)(F)F)[C@@H](CCC(F)(F)F)C(=O)N[C@H]1N=C(c2cccc(Cl)c2)c2cccc3c2N(CCO3)C1=O. The number of carbonyl (C=O) groups is 3. The molecule has 0 unspecified atom stereocenters. The van der Waals surface area contributed by atoms with E-state index in [1.807, 2.05) is 0 Å². The first kappa shape index (κ1) is 31.1. The molecule has 0 saturated heterocycles. The van der Waals surface area contributed by atoms with E-state index in [0.29, 0.717) is 27.6 Å². The number of alkyl halides is 6. The lowest BCUT2D eigenvalue weighted by atomic mass is 9.83. The maximum atomic E-state index is 13.7. The second kappa shape index (κ2) is 12.2. The van der Waals surface area contributed by atoms with Crippen LogP contribution in [-0.2, 0) is 14.4 Å². The molecule has 2 aromatic carbocycles. The van der Waals surface area contributed by atoms with Crippen molar-refractivity contribution in [2.45, 2.75) is 44.2 Å². The minimum absolute atomic E-state index is 0.0422. The van der Waals surface area contributed by atoms with Gasteiger partial charge >= 0.3 is 12.4 Å². The van der Waals surface area contributed by atoms with E-state index >= 15 is 0 Å². The Hall–Kier alpha value is -3.81. The lowest BCUT2D eigenvalue weighted by molar-refractivity contribution is -0.152. The molecular weight excluding hydrogens is 594 g/mol. The molecule has 0 fully saturated rings. The summed E-state index contributed by atoms with van der Waals surface area (Å²) >= 11 is 6.18. The van der Waals surface area contributed by atoms with Crippen LogP contribution < -0.4 is 20.7 Å². The topological polar surface area (TPSA) is 114 Å². The first-order chi connectivity index (χ1) is 19.6. The van der Waals surface area contributed by atoms with Crippen molar-refractivity contribution in [3.63, 3.8) is 0 Å². The van der Waals surface area contributed by atoms with Gasteiger partial charge < -0.3 is 20.7 Å². The van der Waals surface area contributed by atoms with Crippen LogP contribution in [0.3, 0.4) is 0 Å². The number of para-hydroxylation sites is 1. The van der Waals surface area contributed by atoms with Crippen molar-refractivity contribution >= 4 is 40.7 Å². The van der Waals surface area contributed by atoms with E-state index in [1.165, 1.54) is 4.90 Å². The summed E-state index contributed by atoms with van der Waals surface area (Å²) in [4.78, 5) is 45.0. The lowest BCUT2D eigenvalue weighted by Crippen LogP contribution is -2.52. The van der Waals surface area contributed by atoms with Crippen molar-refractivity contribution in [2.24, 2.45) is 22.6 Å². The molecule has 8 nitrogen and oxygen atoms in total. The Bertz CT molecular complexity index is 1400. The number of hydrogen-bond acceptors (Lipinski definition) is 5.